The molecule has 0 saturated heterocycles. The highest BCUT2D eigenvalue weighted by molar-refractivity contribution is 5.71. The highest BCUT2D eigenvalue weighted by Crippen LogP contribution is 2.16. The van der Waals surface area contributed by atoms with E-state index in [1.165, 1.54) is 180 Å². The fourth-order valence-corrected chi connectivity index (χ4v) is 7.94. The zero-order valence-electron chi connectivity index (χ0n) is 42.1. The van der Waals surface area contributed by atoms with E-state index in [1.807, 2.05) is 0 Å². The van der Waals surface area contributed by atoms with Gasteiger partial charge in [-0.15, -0.1) is 0 Å². The van der Waals surface area contributed by atoms with Crippen molar-refractivity contribution in [3.05, 3.63) is 36.5 Å². The largest absolute Gasteiger partial charge is 0.462 e. The molecule has 0 radical (unpaired) electrons. The van der Waals surface area contributed by atoms with Crippen molar-refractivity contribution in [3.63, 3.8) is 0 Å². The molecule has 1 atom stereocenters. The van der Waals surface area contributed by atoms with E-state index in [4.69, 9.17) is 14.2 Å². The topological polar surface area (TPSA) is 78.9 Å². The summed E-state index contributed by atoms with van der Waals surface area (Å²) in [4.78, 5) is 38.0. The molecule has 6 heteroatoms. The molecule has 0 aromatic carbocycles. The van der Waals surface area contributed by atoms with Crippen molar-refractivity contribution >= 4 is 17.9 Å². The molecule has 0 spiro atoms. The molecule has 0 aromatic rings. The van der Waals surface area contributed by atoms with Crippen LogP contribution in [0.25, 0.3) is 0 Å². The van der Waals surface area contributed by atoms with Crippen molar-refractivity contribution in [2.45, 2.75) is 297 Å². The first-order chi connectivity index (χ1) is 31.0. The molecule has 368 valence electrons. The lowest BCUT2D eigenvalue weighted by atomic mass is 10.0. The summed E-state index contributed by atoms with van der Waals surface area (Å²) >= 11 is 0. The molecule has 63 heavy (non-hydrogen) atoms. The van der Waals surface area contributed by atoms with Gasteiger partial charge in [0.05, 0.1) is 0 Å². The van der Waals surface area contributed by atoms with Gasteiger partial charge in [0, 0.05) is 19.3 Å². The van der Waals surface area contributed by atoms with Crippen LogP contribution in [0.2, 0.25) is 0 Å². The summed E-state index contributed by atoms with van der Waals surface area (Å²) in [5, 5.41) is 0. The van der Waals surface area contributed by atoms with Gasteiger partial charge in [-0.25, -0.2) is 0 Å². The van der Waals surface area contributed by atoms with Gasteiger partial charge in [0.2, 0.25) is 0 Å². The maximum Gasteiger partial charge on any atom is 0.306 e. The van der Waals surface area contributed by atoms with Gasteiger partial charge in [0.1, 0.15) is 13.2 Å². The van der Waals surface area contributed by atoms with Crippen LogP contribution in [0.5, 0.6) is 0 Å². The summed E-state index contributed by atoms with van der Waals surface area (Å²) in [5.74, 6) is -0.874. The lowest BCUT2D eigenvalue weighted by Gasteiger charge is -2.18. The first-order valence-electron chi connectivity index (χ1n) is 27.5. The third kappa shape index (κ3) is 50.5. The quantitative estimate of drug-likeness (QED) is 0.0262. The molecule has 0 rings (SSSR count). The Morgan fingerprint density at radius 3 is 0.937 bits per heavy atom. The molecule has 0 aromatic heterocycles. The fraction of sp³-hybridized carbons (Fsp3) is 0.842. The van der Waals surface area contributed by atoms with Crippen LogP contribution in [-0.4, -0.2) is 37.2 Å². The number of rotatable bonds is 50. The Morgan fingerprint density at radius 2 is 0.571 bits per heavy atom. The average Bonchev–Trinajstić information content (AvgIpc) is 3.28. The minimum Gasteiger partial charge on any atom is -0.462 e. The molecule has 0 amide bonds. The van der Waals surface area contributed by atoms with Crippen LogP contribution < -0.4 is 0 Å². The zero-order chi connectivity index (χ0) is 45.8. The van der Waals surface area contributed by atoms with Gasteiger partial charge in [-0.3, -0.25) is 14.4 Å². The number of esters is 3. The van der Waals surface area contributed by atoms with E-state index < -0.39 is 6.10 Å². The Morgan fingerprint density at radius 1 is 0.317 bits per heavy atom. The maximum atomic E-state index is 12.8. The molecule has 0 N–H and O–H groups in total. The van der Waals surface area contributed by atoms with Gasteiger partial charge in [-0.2, -0.15) is 0 Å². The molecular formula is C57H104O6. The standard InChI is InChI=1S/C57H104O6/c1-4-7-10-13-16-19-22-25-26-27-28-29-30-33-35-38-41-44-47-50-56(59)62-53-54(63-57(60)51-48-45-42-39-36-32-24-21-18-15-12-9-6-3)52-61-55(58)49-46-43-40-37-34-31-23-20-17-14-11-8-5-2/h16,19,21,24-26,54H,4-15,17-18,20,22-23,27-53H2,1-3H3/b19-16-,24-21-,26-25-/t54-/m0/s1. The van der Waals surface area contributed by atoms with Gasteiger partial charge in [0.15, 0.2) is 6.10 Å². The summed E-state index contributed by atoms with van der Waals surface area (Å²) in [6.07, 6.45) is 61.2. The highest BCUT2D eigenvalue weighted by atomic mass is 16.6. The van der Waals surface area contributed by atoms with E-state index in [0.29, 0.717) is 19.3 Å². The first-order valence-corrected chi connectivity index (χ1v) is 27.5. The second-order valence-corrected chi connectivity index (χ2v) is 18.5. The normalized spacial score (nSPS) is 12.2. The Balaban J connectivity index is 4.32. The van der Waals surface area contributed by atoms with Gasteiger partial charge in [0.25, 0.3) is 0 Å². The Kier molecular flexibility index (Phi) is 50.3. The van der Waals surface area contributed by atoms with E-state index in [9.17, 15) is 14.4 Å². The number of unbranched alkanes of at least 4 members (excludes halogenated alkanes) is 33. The van der Waals surface area contributed by atoms with E-state index in [2.05, 4.69) is 57.2 Å². The van der Waals surface area contributed by atoms with Crippen LogP contribution in [0.15, 0.2) is 36.5 Å². The van der Waals surface area contributed by atoms with E-state index in [1.54, 1.807) is 0 Å². The smallest absolute Gasteiger partial charge is 0.306 e. The number of hydrogen-bond donors (Lipinski definition) is 0. The van der Waals surface area contributed by atoms with E-state index >= 15 is 0 Å². The van der Waals surface area contributed by atoms with Crippen LogP contribution in [0.3, 0.4) is 0 Å². The number of allylic oxidation sites excluding steroid dienone is 6. The monoisotopic (exact) mass is 885 g/mol. The van der Waals surface area contributed by atoms with Crippen LogP contribution >= 0.6 is 0 Å². The molecule has 0 unspecified atom stereocenters. The summed E-state index contributed by atoms with van der Waals surface area (Å²) in [7, 11) is 0. The lowest BCUT2D eigenvalue weighted by Crippen LogP contribution is -2.30. The van der Waals surface area contributed by atoms with E-state index in [0.717, 1.165) is 70.6 Å². The van der Waals surface area contributed by atoms with Crippen molar-refractivity contribution in [3.8, 4) is 0 Å². The zero-order valence-corrected chi connectivity index (χ0v) is 42.1. The van der Waals surface area contributed by atoms with E-state index in [-0.39, 0.29) is 31.1 Å². The predicted octanol–water partition coefficient (Wildman–Crippen LogP) is 18.1. The lowest BCUT2D eigenvalue weighted by molar-refractivity contribution is -0.167. The Bertz CT molecular complexity index is 1060. The Labute approximate surface area is 391 Å². The third-order valence-corrected chi connectivity index (χ3v) is 12.1. The second-order valence-electron chi connectivity index (χ2n) is 18.5. The molecule has 0 aliphatic carbocycles. The molecule has 0 fully saturated rings. The minimum atomic E-state index is -0.774. The molecule has 0 bridgehead atoms. The van der Waals surface area contributed by atoms with Crippen LogP contribution in [0.1, 0.15) is 290 Å². The summed E-state index contributed by atoms with van der Waals surface area (Å²) in [6, 6.07) is 0. The summed E-state index contributed by atoms with van der Waals surface area (Å²) < 4.78 is 16.8. The summed E-state index contributed by atoms with van der Waals surface area (Å²) in [5.41, 5.74) is 0. The number of carbonyl (C=O) groups is 3. The molecule has 0 aliphatic rings. The predicted molar refractivity (Wildman–Crippen MR) is 270 cm³/mol. The SMILES string of the molecule is CCCCC/C=C\C/C=C\CCCCCCCCCCCC(=O)OC[C@H](COC(=O)CCCCCCCCCCCCCCC)OC(=O)CCCCCCC/C=C\CCCCCC. The third-order valence-electron chi connectivity index (χ3n) is 12.1. The average molecular weight is 885 g/mol. The first kappa shape index (κ1) is 60.6. The molecule has 0 heterocycles. The van der Waals surface area contributed by atoms with Gasteiger partial charge in [-0.1, -0.05) is 231 Å². The van der Waals surface area contributed by atoms with Crippen molar-refractivity contribution in [2.24, 2.45) is 0 Å². The van der Waals surface area contributed by atoms with Crippen molar-refractivity contribution in [1.29, 1.82) is 0 Å². The van der Waals surface area contributed by atoms with Gasteiger partial charge in [-0.05, 0) is 77.0 Å². The minimum absolute atomic E-state index is 0.0734. The molecule has 6 nitrogen and oxygen atoms in total. The second kappa shape index (κ2) is 52.3. The van der Waals surface area contributed by atoms with Crippen LogP contribution in [0, 0.1) is 0 Å². The highest BCUT2D eigenvalue weighted by Gasteiger charge is 2.19. The maximum absolute atomic E-state index is 12.8. The Hall–Kier alpha value is -2.37. The number of carbonyl (C=O) groups excluding carboxylic acids is 3. The van der Waals surface area contributed by atoms with Crippen molar-refractivity contribution in [2.75, 3.05) is 13.2 Å². The number of ether oxygens (including phenoxy) is 3. The fourth-order valence-electron chi connectivity index (χ4n) is 7.94. The van der Waals surface area contributed by atoms with Crippen LogP contribution in [-0.2, 0) is 28.6 Å². The summed E-state index contributed by atoms with van der Waals surface area (Å²) in [6.45, 7) is 6.62. The molecule has 0 aliphatic heterocycles. The van der Waals surface area contributed by atoms with Crippen LogP contribution in [0.4, 0.5) is 0 Å². The van der Waals surface area contributed by atoms with Crippen molar-refractivity contribution in [1.82, 2.24) is 0 Å². The van der Waals surface area contributed by atoms with Gasteiger partial charge < -0.3 is 14.2 Å². The van der Waals surface area contributed by atoms with Crippen molar-refractivity contribution < 1.29 is 28.6 Å². The van der Waals surface area contributed by atoms with Gasteiger partial charge >= 0.3 is 17.9 Å². The molecule has 0 saturated carbocycles. The molecular weight excluding hydrogens is 781 g/mol. The number of hydrogen-bond acceptors (Lipinski definition) is 6.